The summed E-state index contributed by atoms with van der Waals surface area (Å²) in [4.78, 5) is 11.1. The zero-order valence-electron chi connectivity index (χ0n) is 9.07. The van der Waals surface area contributed by atoms with Gasteiger partial charge in [0.05, 0.1) is 4.92 Å². The molecule has 1 aliphatic rings. The van der Waals surface area contributed by atoms with Crippen molar-refractivity contribution in [2.45, 2.75) is 32.4 Å². The van der Waals surface area contributed by atoms with Crippen LogP contribution in [0.4, 0.5) is 5.69 Å². The predicted molar refractivity (Wildman–Crippen MR) is 65.1 cm³/mol. The SMILES string of the molecule is CC(NC1CC1C)c1cc([N+](=O)[O-])c(Cl)s1. The highest BCUT2D eigenvalue weighted by Gasteiger charge is 2.34. The molecule has 1 N–H and O–H groups in total. The van der Waals surface area contributed by atoms with Crippen LogP contribution in [0.25, 0.3) is 0 Å². The molecule has 1 aromatic heterocycles. The first kappa shape index (κ1) is 11.8. The van der Waals surface area contributed by atoms with Crippen molar-refractivity contribution in [1.29, 1.82) is 0 Å². The van der Waals surface area contributed by atoms with Gasteiger partial charge in [-0.05, 0) is 19.3 Å². The fourth-order valence-corrected chi connectivity index (χ4v) is 2.92. The fraction of sp³-hybridized carbons (Fsp3) is 0.600. The smallest absolute Gasteiger partial charge is 0.299 e. The van der Waals surface area contributed by atoms with Gasteiger partial charge in [0.1, 0.15) is 0 Å². The Morgan fingerprint density at radius 1 is 1.75 bits per heavy atom. The Balaban J connectivity index is 2.08. The number of thiophene rings is 1. The van der Waals surface area contributed by atoms with Crippen molar-refractivity contribution in [3.63, 3.8) is 0 Å². The molecule has 4 nitrogen and oxygen atoms in total. The van der Waals surface area contributed by atoms with E-state index in [1.807, 2.05) is 6.92 Å². The maximum atomic E-state index is 10.7. The summed E-state index contributed by atoms with van der Waals surface area (Å²) >= 11 is 7.10. The number of halogens is 1. The molecule has 88 valence electrons. The van der Waals surface area contributed by atoms with Crippen LogP contribution >= 0.6 is 22.9 Å². The molecule has 0 bridgehead atoms. The summed E-state index contributed by atoms with van der Waals surface area (Å²) in [5, 5.41) is 14.1. The van der Waals surface area contributed by atoms with Crippen LogP contribution in [-0.4, -0.2) is 11.0 Å². The molecule has 0 spiro atoms. The molecule has 0 saturated heterocycles. The Labute approximate surface area is 103 Å². The summed E-state index contributed by atoms with van der Waals surface area (Å²) in [6.45, 7) is 4.20. The third-order valence-corrected chi connectivity index (χ3v) is 4.41. The highest BCUT2D eigenvalue weighted by Crippen LogP contribution is 2.38. The van der Waals surface area contributed by atoms with Crippen molar-refractivity contribution < 1.29 is 4.92 Å². The second-order valence-electron chi connectivity index (χ2n) is 4.27. The van der Waals surface area contributed by atoms with Gasteiger partial charge in [-0.25, -0.2) is 0 Å². The number of nitrogens with zero attached hydrogens (tertiary/aromatic N) is 1. The third-order valence-electron chi connectivity index (χ3n) is 2.88. The zero-order chi connectivity index (χ0) is 11.9. The van der Waals surface area contributed by atoms with Crippen molar-refractivity contribution in [2.75, 3.05) is 0 Å². The van der Waals surface area contributed by atoms with Gasteiger partial charge in [-0.2, -0.15) is 0 Å². The van der Waals surface area contributed by atoms with Gasteiger partial charge in [0.25, 0.3) is 5.69 Å². The second-order valence-corrected chi connectivity index (χ2v) is 5.96. The molecule has 1 saturated carbocycles. The molecule has 3 unspecified atom stereocenters. The Kier molecular flexibility index (Phi) is 3.19. The molecule has 1 aromatic rings. The molecule has 0 aromatic carbocycles. The maximum absolute atomic E-state index is 10.7. The predicted octanol–water partition coefficient (Wildman–Crippen LogP) is 3.37. The van der Waals surface area contributed by atoms with Gasteiger partial charge in [-0.3, -0.25) is 10.1 Å². The van der Waals surface area contributed by atoms with E-state index in [4.69, 9.17) is 11.6 Å². The average Bonchev–Trinajstić information content (AvgIpc) is 2.74. The molecule has 0 aliphatic heterocycles. The van der Waals surface area contributed by atoms with Gasteiger partial charge in [-0.1, -0.05) is 18.5 Å². The van der Waals surface area contributed by atoms with Crippen molar-refractivity contribution in [3.05, 3.63) is 25.4 Å². The fourth-order valence-electron chi connectivity index (χ4n) is 1.67. The van der Waals surface area contributed by atoms with Gasteiger partial charge in [0.2, 0.25) is 0 Å². The number of hydrogen-bond donors (Lipinski definition) is 1. The summed E-state index contributed by atoms with van der Waals surface area (Å²) in [5.41, 5.74) is 0.0131. The van der Waals surface area contributed by atoms with Gasteiger partial charge >= 0.3 is 0 Å². The van der Waals surface area contributed by atoms with Crippen LogP contribution < -0.4 is 5.32 Å². The lowest BCUT2D eigenvalue weighted by atomic mass is 10.2. The minimum Gasteiger partial charge on any atom is -0.306 e. The molecule has 0 amide bonds. The molecule has 1 fully saturated rings. The van der Waals surface area contributed by atoms with Gasteiger partial charge in [-0.15, -0.1) is 11.3 Å². The highest BCUT2D eigenvalue weighted by molar-refractivity contribution is 7.16. The van der Waals surface area contributed by atoms with E-state index in [0.717, 1.165) is 4.88 Å². The summed E-state index contributed by atoms with van der Waals surface area (Å²) in [6, 6.07) is 2.25. The van der Waals surface area contributed by atoms with Crippen molar-refractivity contribution in [3.8, 4) is 0 Å². The van der Waals surface area contributed by atoms with E-state index in [1.54, 1.807) is 6.07 Å². The molecule has 6 heteroatoms. The molecule has 3 atom stereocenters. The van der Waals surface area contributed by atoms with Crippen LogP contribution in [0.5, 0.6) is 0 Å². The van der Waals surface area contributed by atoms with Crippen LogP contribution in [0, 0.1) is 16.0 Å². The minimum absolute atomic E-state index is 0.0131. The topological polar surface area (TPSA) is 55.2 Å². The Morgan fingerprint density at radius 2 is 2.38 bits per heavy atom. The monoisotopic (exact) mass is 260 g/mol. The first-order valence-electron chi connectivity index (χ1n) is 5.18. The highest BCUT2D eigenvalue weighted by atomic mass is 35.5. The number of rotatable bonds is 4. The van der Waals surface area contributed by atoms with Crippen LogP contribution in [-0.2, 0) is 0 Å². The van der Waals surface area contributed by atoms with Crippen LogP contribution in [0.3, 0.4) is 0 Å². The largest absolute Gasteiger partial charge is 0.306 e. The van der Waals surface area contributed by atoms with Crippen molar-refractivity contribution in [2.24, 2.45) is 5.92 Å². The summed E-state index contributed by atoms with van der Waals surface area (Å²) in [7, 11) is 0. The maximum Gasteiger partial charge on any atom is 0.299 e. The number of nitro groups is 1. The lowest BCUT2D eigenvalue weighted by Gasteiger charge is -2.10. The Bertz CT molecular complexity index is 421. The van der Waals surface area contributed by atoms with Crippen LogP contribution in [0.2, 0.25) is 4.34 Å². The Hall–Kier alpha value is -0.650. The molecule has 16 heavy (non-hydrogen) atoms. The van der Waals surface area contributed by atoms with Crippen LogP contribution in [0.15, 0.2) is 6.07 Å². The third kappa shape index (κ3) is 2.36. The van der Waals surface area contributed by atoms with E-state index in [0.29, 0.717) is 12.0 Å². The zero-order valence-corrected chi connectivity index (χ0v) is 10.6. The molecular weight excluding hydrogens is 248 g/mol. The number of nitrogens with one attached hydrogen (secondary N) is 1. The van der Waals surface area contributed by atoms with E-state index in [1.165, 1.54) is 17.8 Å². The summed E-state index contributed by atoms with van der Waals surface area (Å²) in [6.07, 6.45) is 1.19. The van der Waals surface area contributed by atoms with Gasteiger partial charge in [0, 0.05) is 23.0 Å². The normalized spacial score (nSPS) is 25.4. The van der Waals surface area contributed by atoms with E-state index in [2.05, 4.69) is 12.2 Å². The van der Waals surface area contributed by atoms with Gasteiger partial charge in [0.15, 0.2) is 4.34 Å². The van der Waals surface area contributed by atoms with Crippen molar-refractivity contribution >= 4 is 28.6 Å². The molecule has 2 rings (SSSR count). The Morgan fingerprint density at radius 3 is 2.81 bits per heavy atom. The van der Waals surface area contributed by atoms with E-state index < -0.39 is 4.92 Å². The second kappa shape index (κ2) is 4.31. The lowest BCUT2D eigenvalue weighted by Crippen LogP contribution is -2.21. The minimum atomic E-state index is -0.436. The molecule has 1 heterocycles. The molecule has 0 radical (unpaired) electrons. The first-order valence-corrected chi connectivity index (χ1v) is 6.38. The summed E-state index contributed by atoms with van der Waals surface area (Å²) < 4.78 is 0.262. The summed E-state index contributed by atoms with van der Waals surface area (Å²) in [5.74, 6) is 0.716. The van der Waals surface area contributed by atoms with Gasteiger partial charge < -0.3 is 5.32 Å². The van der Waals surface area contributed by atoms with E-state index in [-0.39, 0.29) is 16.1 Å². The first-order chi connectivity index (χ1) is 7.49. The molecular formula is C10H13ClN2O2S. The standard InChI is InChI=1S/C10H13ClN2O2S/c1-5-3-7(5)12-6(2)9-4-8(13(14)15)10(11)16-9/h4-7,12H,3H2,1-2H3. The average molecular weight is 261 g/mol. The lowest BCUT2D eigenvalue weighted by molar-refractivity contribution is -0.384. The van der Waals surface area contributed by atoms with E-state index >= 15 is 0 Å². The van der Waals surface area contributed by atoms with Crippen molar-refractivity contribution in [1.82, 2.24) is 5.32 Å². The van der Waals surface area contributed by atoms with E-state index in [9.17, 15) is 10.1 Å². The number of hydrogen-bond acceptors (Lipinski definition) is 4. The quantitative estimate of drug-likeness (QED) is 0.667. The molecule has 1 aliphatic carbocycles. The van der Waals surface area contributed by atoms with Crippen LogP contribution in [0.1, 0.15) is 31.2 Å².